The first-order chi connectivity index (χ1) is 17.5. The van der Waals surface area contributed by atoms with Gasteiger partial charge in [0, 0.05) is 37.3 Å². The molecule has 2 aromatic rings. The Kier molecular flexibility index (Phi) is 9.87. The average Bonchev–Trinajstić information content (AvgIpc) is 3.15. The number of anilines is 1. The van der Waals surface area contributed by atoms with Gasteiger partial charge >= 0.3 is 0 Å². The molecular weight excluding hydrogens is 552 g/mol. The first-order valence-corrected chi connectivity index (χ1v) is 12.0. The summed E-state index contributed by atoms with van der Waals surface area (Å²) in [7, 11) is 4.86. The summed E-state index contributed by atoms with van der Waals surface area (Å²) in [6.45, 7) is 8.65. The van der Waals surface area contributed by atoms with Crippen LogP contribution in [0.25, 0.3) is 0 Å². The molecule has 0 saturated heterocycles. The number of methoxy groups -OCH3 is 1. The molecule has 2 heterocycles. The summed E-state index contributed by atoms with van der Waals surface area (Å²) >= 11 is 0. The summed E-state index contributed by atoms with van der Waals surface area (Å²) in [5.41, 5.74) is 2.81. The Labute approximate surface area is 234 Å². The number of pyridine rings is 1. The number of carbonyl (C=O) groups excluding carboxylic acids is 2. The number of nitriles is 1. The van der Waals surface area contributed by atoms with Crippen LogP contribution in [-0.2, 0) is 12.0 Å². The smallest absolute Gasteiger partial charge is 0.273 e. The second-order valence-corrected chi connectivity index (χ2v) is 9.82. The number of aromatic nitrogens is 1. The number of hydrogen-bond donors (Lipinski definition) is 2. The van der Waals surface area contributed by atoms with Gasteiger partial charge in [-0.1, -0.05) is 20.8 Å². The molecule has 1 aromatic heterocycles. The number of carbonyl (C=O) groups is 2. The minimum atomic E-state index is -0.407. The Bertz CT molecular complexity index is 1280. The quantitative estimate of drug-likeness (QED) is 0.336. The molecule has 0 radical (unpaired) electrons. The van der Waals surface area contributed by atoms with Gasteiger partial charge in [0.15, 0.2) is 17.2 Å². The largest absolute Gasteiger partial charge is 0.494 e. The van der Waals surface area contributed by atoms with Crippen LogP contribution in [0, 0.1) is 16.7 Å². The Morgan fingerprint density at radius 2 is 1.97 bits per heavy atom. The van der Waals surface area contributed by atoms with E-state index < -0.39 is 5.91 Å². The summed E-state index contributed by atoms with van der Waals surface area (Å²) in [6.07, 6.45) is 0. The van der Waals surface area contributed by atoms with Crippen LogP contribution in [0.1, 0.15) is 65.4 Å². The highest BCUT2D eigenvalue weighted by molar-refractivity contribution is 8.93. The Morgan fingerprint density at radius 3 is 2.53 bits per heavy atom. The molecule has 10 nitrogen and oxygen atoms in total. The fraction of sp³-hybridized carbons (Fsp3) is 0.444. The Hall–Kier alpha value is -3.65. The van der Waals surface area contributed by atoms with Gasteiger partial charge < -0.3 is 24.6 Å². The minimum absolute atomic E-state index is 0. The zero-order valence-corrected chi connectivity index (χ0v) is 24.6. The SMILES string of the molecule is Br.CCOc1cc2c(nc1C(=O)NC)C(=N)N(CC(=O)c1cc(N(C)CC#N)c(OC)c(C(C)(C)C)c1)C2. The van der Waals surface area contributed by atoms with Crippen molar-refractivity contribution in [2.75, 3.05) is 45.8 Å². The first kappa shape index (κ1) is 30.6. The van der Waals surface area contributed by atoms with Gasteiger partial charge in [-0.25, -0.2) is 4.98 Å². The van der Waals surface area contributed by atoms with Crippen LogP contribution in [0.3, 0.4) is 0 Å². The number of amides is 1. The topological polar surface area (TPSA) is 132 Å². The van der Waals surface area contributed by atoms with Crippen LogP contribution in [0.2, 0.25) is 0 Å². The molecule has 0 unspecified atom stereocenters. The van der Waals surface area contributed by atoms with E-state index in [-0.39, 0.29) is 52.8 Å². The van der Waals surface area contributed by atoms with E-state index in [1.807, 2.05) is 33.8 Å². The number of amidine groups is 1. The molecule has 0 atom stereocenters. The minimum Gasteiger partial charge on any atom is -0.494 e. The third-order valence-corrected chi connectivity index (χ3v) is 6.17. The van der Waals surface area contributed by atoms with Crippen molar-refractivity contribution < 1.29 is 19.1 Å². The maximum atomic E-state index is 13.5. The average molecular weight is 588 g/mol. The standard InChI is InChI=1S/C27H34N6O4.BrH/c1-8-37-21-13-17-14-33(25(29)22(17)31-23(21)26(35)30-5)15-20(34)16-11-18(27(2,3)4)24(36-7)19(12-16)32(6)10-9-28;/h11-13,29H,8,10,14-15H2,1-7H3,(H,30,35);1H. The predicted molar refractivity (Wildman–Crippen MR) is 151 cm³/mol. The normalized spacial score (nSPS) is 12.3. The molecule has 3 rings (SSSR count). The molecule has 0 aliphatic carbocycles. The van der Waals surface area contributed by atoms with Crippen LogP contribution in [0.4, 0.5) is 5.69 Å². The van der Waals surface area contributed by atoms with Crippen LogP contribution < -0.4 is 19.7 Å². The molecular formula is C27H35BrN6O4. The first-order valence-electron chi connectivity index (χ1n) is 12.0. The maximum absolute atomic E-state index is 13.5. The zero-order valence-electron chi connectivity index (χ0n) is 22.9. The summed E-state index contributed by atoms with van der Waals surface area (Å²) in [4.78, 5) is 33.6. The van der Waals surface area contributed by atoms with E-state index in [1.165, 1.54) is 7.05 Å². The van der Waals surface area contributed by atoms with Gasteiger partial charge in [0.2, 0.25) is 0 Å². The van der Waals surface area contributed by atoms with E-state index in [2.05, 4.69) is 16.4 Å². The van der Waals surface area contributed by atoms with E-state index in [4.69, 9.17) is 14.9 Å². The van der Waals surface area contributed by atoms with Gasteiger partial charge in [0.25, 0.3) is 5.91 Å². The summed E-state index contributed by atoms with van der Waals surface area (Å²) < 4.78 is 11.3. The number of hydrogen-bond acceptors (Lipinski definition) is 8. The van der Waals surface area contributed by atoms with E-state index in [9.17, 15) is 14.9 Å². The summed E-state index contributed by atoms with van der Waals surface area (Å²) in [6, 6.07) is 7.41. The molecule has 38 heavy (non-hydrogen) atoms. The van der Waals surface area contributed by atoms with Gasteiger partial charge in [-0.2, -0.15) is 5.26 Å². The van der Waals surface area contributed by atoms with Crippen LogP contribution in [0.5, 0.6) is 11.5 Å². The monoisotopic (exact) mass is 586 g/mol. The molecule has 1 aliphatic rings. The molecule has 2 N–H and O–H groups in total. The third-order valence-electron chi connectivity index (χ3n) is 6.17. The predicted octanol–water partition coefficient (Wildman–Crippen LogP) is 3.71. The van der Waals surface area contributed by atoms with Gasteiger partial charge in [-0.05, 0) is 30.5 Å². The number of fused-ring (bicyclic) bond motifs is 1. The second kappa shape index (κ2) is 12.3. The van der Waals surface area contributed by atoms with Crippen LogP contribution in [0.15, 0.2) is 18.2 Å². The highest BCUT2D eigenvalue weighted by atomic mass is 79.9. The van der Waals surface area contributed by atoms with Crippen LogP contribution in [-0.4, -0.2) is 68.3 Å². The molecule has 1 amide bonds. The molecule has 0 saturated carbocycles. The van der Waals surface area contributed by atoms with Crippen molar-refractivity contribution in [1.29, 1.82) is 10.7 Å². The number of ketones is 1. The highest BCUT2D eigenvalue weighted by Crippen LogP contribution is 2.40. The fourth-order valence-electron chi connectivity index (χ4n) is 4.26. The van der Waals surface area contributed by atoms with Gasteiger partial charge in [0.05, 0.1) is 32.0 Å². The zero-order chi connectivity index (χ0) is 27.5. The number of nitrogens with one attached hydrogen (secondary N) is 2. The Balaban J connectivity index is 0.00000507. The molecule has 11 heteroatoms. The lowest BCUT2D eigenvalue weighted by atomic mass is 9.84. The number of nitrogens with zero attached hydrogens (tertiary/aromatic N) is 4. The number of halogens is 1. The van der Waals surface area contributed by atoms with E-state index in [1.54, 1.807) is 36.1 Å². The van der Waals surface area contributed by atoms with E-state index >= 15 is 0 Å². The van der Waals surface area contributed by atoms with Crippen molar-refractivity contribution in [3.05, 3.63) is 46.3 Å². The fourth-order valence-corrected chi connectivity index (χ4v) is 4.26. The number of ether oxygens (including phenoxy) is 2. The van der Waals surface area contributed by atoms with Crippen molar-refractivity contribution in [2.24, 2.45) is 0 Å². The van der Waals surface area contributed by atoms with Crippen molar-refractivity contribution in [2.45, 2.75) is 39.7 Å². The van der Waals surface area contributed by atoms with Gasteiger partial charge in [0.1, 0.15) is 23.8 Å². The van der Waals surface area contributed by atoms with E-state index in [0.29, 0.717) is 47.2 Å². The van der Waals surface area contributed by atoms with Gasteiger partial charge in [-0.15, -0.1) is 17.0 Å². The maximum Gasteiger partial charge on any atom is 0.273 e. The van der Waals surface area contributed by atoms with Gasteiger partial charge in [-0.3, -0.25) is 15.0 Å². The van der Waals surface area contributed by atoms with E-state index in [0.717, 1.165) is 5.56 Å². The van der Waals surface area contributed by atoms with Crippen molar-refractivity contribution in [3.63, 3.8) is 0 Å². The molecule has 204 valence electrons. The molecule has 0 bridgehead atoms. The highest BCUT2D eigenvalue weighted by Gasteiger charge is 2.32. The number of Topliss-reactive ketones (excluding diaryl/α,β-unsaturated/α-hetero) is 1. The molecule has 0 fully saturated rings. The van der Waals surface area contributed by atoms with Crippen molar-refractivity contribution >= 4 is 40.2 Å². The molecule has 1 aliphatic heterocycles. The number of benzene rings is 1. The lowest BCUT2D eigenvalue weighted by Crippen LogP contribution is -2.31. The molecule has 1 aromatic carbocycles. The summed E-state index contributed by atoms with van der Waals surface area (Å²) in [5.74, 6) is 0.446. The third kappa shape index (κ3) is 6.07. The number of rotatable bonds is 9. The lowest BCUT2D eigenvalue weighted by molar-refractivity contribution is 0.0949. The van der Waals surface area contributed by atoms with Crippen molar-refractivity contribution in [1.82, 2.24) is 15.2 Å². The lowest BCUT2D eigenvalue weighted by Gasteiger charge is -2.28. The van der Waals surface area contributed by atoms with Crippen molar-refractivity contribution in [3.8, 4) is 17.6 Å². The van der Waals surface area contributed by atoms with Crippen LogP contribution >= 0.6 is 17.0 Å². The molecule has 0 spiro atoms. The summed E-state index contributed by atoms with van der Waals surface area (Å²) in [5, 5.41) is 20.4. The Morgan fingerprint density at radius 1 is 1.29 bits per heavy atom. The second-order valence-electron chi connectivity index (χ2n) is 9.82.